The first-order valence-corrected chi connectivity index (χ1v) is 4.44. The van der Waals surface area contributed by atoms with E-state index in [1.807, 2.05) is 6.07 Å². The van der Waals surface area contributed by atoms with Gasteiger partial charge < -0.3 is 5.73 Å². The van der Waals surface area contributed by atoms with Crippen molar-refractivity contribution in [1.82, 2.24) is 0 Å². The first-order valence-electron chi connectivity index (χ1n) is 4.01. The number of para-hydroxylation sites is 1. The van der Waals surface area contributed by atoms with Crippen molar-refractivity contribution in [2.24, 2.45) is 0 Å². The van der Waals surface area contributed by atoms with Gasteiger partial charge in [-0.15, -0.1) is 11.6 Å². The monoisotopic (exact) mass is 208 g/mol. The maximum Gasteiger partial charge on any atom is 0.152 e. The standard InChI is InChI=1S/C10H9ClN2O/c1-6(14)9(11)8-4-2-3-7(5-12)10(8)13/h2-4,9H,13H2,1H3. The second kappa shape index (κ2) is 4.12. The van der Waals surface area contributed by atoms with E-state index in [1.165, 1.54) is 6.92 Å². The summed E-state index contributed by atoms with van der Waals surface area (Å²) in [6, 6.07) is 6.82. The van der Waals surface area contributed by atoms with Crippen LogP contribution in [0.3, 0.4) is 0 Å². The lowest BCUT2D eigenvalue weighted by Crippen LogP contribution is -2.06. The zero-order valence-electron chi connectivity index (χ0n) is 7.62. The molecule has 0 bridgehead atoms. The Morgan fingerprint density at radius 1 is 1.64 bits per heavy atom. The van der Waals surface area contributed by atoms with Crippen LogP contribution in [0.2, 0.25) is 0 Å². The number of hydrogen-bond donors (Lipinski definition) is 1. The number of alkyl halides is 1. The van der Waals surface area contributed by atoms with Crippen LogP contribution in [-0.4, -0.2) is 5.78 Å². The van der Waals surface area contributed by atoms with E-state index in [1.54, 1.807) is 18.2 Å². The van der Waals surface area contributed by atoms with E-state index in [0.29, 0.717) is 11.1 Å². The predicted octanol–water partition coefficient (Wildman–Crippen LogP) is 2.01. The molecule has 0 aliphatic heterocycles. The number of carbonyl (C=O) groups excluding carboxylic acids is 1. The Kier molecular flexibility index (Phi) is 3.10. The molecule has 0 fully saturated rings. The molecule has 1 atom stereocenters. The third kappa shape index (κ3) is 1.86. The molecular weight excluding hydrogens is 200 g/mol. The van der Waals surface area contributed by atoms with Gasteiger partial charge in [0.25, 0.3) is 0 Å². The second-order valence-corrected chi connectivity index (χ2v) is 3.33. The number of carbonyl (C=O) groups is 1. The van der Waals surface area contributed by atoms with Gasteiger partial charge in [0.1, 0.15) is 11.4 Å². The highest BCUT2D eigenvalue weighted by Gasteiger charge is 2.17. The summed E-state index contributed by atoms with van der Waals surface area (Å²) < 4.78 is 0. The summed E-state index contributed by atoms with van der Waals surface area (Å²) in [5, 5.41) is 7.93. The summed E-state index contributed by atoms with van der Waals surface area (Å²) in [6.07, 6.45) is 0. The molecule has 3 nitrogen and oxygen atoms in total. The minimum Gasteiger partial charge on any atom is -0.397 e. The fourth-order valence-corrected chi connectivity index (χ4v) is 1.31. The van der Waals surface area contributed by atoms with Crippen molar-refractivity contribution in [2.45, 2.75) is 12.3 Å². The van der Waals surface area contributed by atoms with Crippen molar-refractivity contribution in [3.63, 3.8) is 0 Å². The van der Waals surface area contributed by atoms with Gasteiger partial charge in [0.05, 0.1) is 11.3 Å². The van der Waals surface area contributed by atoms with Gasteiger partial charge in [-0.25, -0.2) is 0 Å². The molecule has 0 radical (unpaired) electrons. The molecular formula is C10H9ClN2O. The molecule has 2 N–H and O–H groups in total. The van der Waals surface area contributed by atoms with Crippen molar-refractivity contribution < 1.29 is 4.79 Å². The van der Waals surface area contributed by atoms with Crippen LogP contribution in [0.4, 0.5) is 5.69 Å². The Bertz CT molecular complexity index is 409. The number of nitriles is 1. The first kappa shape index (κ1) is 10.6. The number of rotatable bonds is 2. The van der Waals surface area contributed by atoms with Crippen LogP contribution in [0.15, 0.2) is 18.2 Å². The van der Waals surface area contributed by atoms with E-state index in [2.05, 4.69) is 0 Å². The topological polar surface area (TPSA) is 66.9 Å². The van der Waals surface area contributed by atoms with Crippen molar-refractivity contribution >= 4 is 23.1 Å². The molecule has 0 heterocycles. The lowest BCUT2D eigenvalue weighted by atomic mass is 10.0. The quantitative estimate of drug-likeness (QED) is 0.597. The number of Topliss-reactive ketones (excluding diaryl/α,β-unsaturated/α-hetero) is 1. The summed E-state index contributed by atoms with van der Waals surface area (Å²) >= 11 is 5.84. The van der Waals surface area contributed by atoms with Crippen LogP contribution in [-0.2, 0) is 4.79 Å². The normalized spacial score (nSPS) is 11.8. The van der Waals surface area contributed by atoms with Crippen LogP contribution >= 0.6 is 11.6 Å². The largest absolute Gasteiger partial charge is 0.397 e. The van der Waals surface area contributed by atoms with Crippen LogP contribution < -0.4 is 5.73 Å². The number of ketones is 1. The van der Waals surface area contributed by atoms with Crippen LogP contribution in [0.1, 0.15) is 23.4 Å². The van der Waals surface area contributed by atoms with Gasteiger partial charge in [0, 0.05) is 5.56 Å². The van der Waals surface area contributed by atoms with Crippen LogP contribution in [0, 0.1) is 11.3 Å². The molecule has 0 saturated carbocycles. The Morgan fingerprint density at radius 3 is 2.79 bits per heavy atom. The summed E-state index contributed by atoms with van der Waals surface area (Å²) in [7, 11) is 0. The Hall–Kier alpha value is -1.53. The van der Waals surface area contributed by atoms with Crippen LogP contribution in [0.25, 0.3) is 0 Å². The van der Waals surface area contributed by atoms with Gasteiger partial charge in [-0.2, -0.15) is 5.26 Å². The Morgan fingerprint density at radius 2 is 2.29 bits per heavy atom. The Labute approximate surface area is 87.1 Å². The molecule has 0 aliphatic rings. The van der Waals surface area contributed by atoms with E-state index >= 15 is 0 Å². The fraction of sp³-hybridized carbons (Fsp3) is 0.200. The van der Waals surface area contributed by atoms with Gasteiger partial charge in [0.2, 0.25) is 0 Å². The molecule has 0 amide bonds. The van der Waals surface area contributed by atoms with E-state index in [9.17, 15) is 4.79 Å². The van der Waals surface area contributed by atoms with Gasteiger partial charge >= 0.3 is 0 Å². The molecule has 14 heavy (non-hydrogen) atoms. The number of halogens is 1. The SMILES string of the molecule is CC(=O)C(Cl)c1cccc(C#N)c1N. The molecule has 0 spiro atoms. The lowest BCUT2D eigenvalue weighted by molar-refractivity contribution is -0.116. The Balaban J connectivity index is 3.24. The van der Waals surface area contributed by atoms with Crippen LogP contribution in [0.5, 0.6) is 0 Å². The van der Waals surface area contributed by atoms with Crippen molar-refractivity contribution in [2.75, 3.05) is 5.73 Å². The minimum absolute atomic E-state index is 0.187. The minimum atomic E-state index is -0.775. The summed E-state index contributed by atoms with van der Waals surface area (Å²) in [5.74, 6) is -0.187. The molecule has 0 aliphatic carbocycles. The number of nitrogens with zero attached hydrogens (tertiary/aromatic N) is 1. The molecule has 1 aromatic rings. The van der Waals surface area contributed by atoms with Gasteiger partial charge in [-0.1, -0.05) is 12.1 Å². The predicted molar refractivity (Wildman–Crippen MR) is 54.8 cm³/mol. The molecule has 1 rings (SSSR count). The van der Waals surface area contributed by atoms with Crippen molar-refractivity contribution in [3.05, 3.63) is 29.3 Å². The maximum absolute atomic E-state index is 11.0. The third-order valence-electron chi connectivity index (χ3n) is 1.89. The molecule has 4 heteroatoms. The highest BCUT2D eigenvalue weighted by molar-refractivity contribution is 6.31. The number of nitrogen functional groups attached to an aromatic ring is 1. The molecule has 1 unspecified atom stereocenters. The fourth-order valence-electron chi connectivity index (χ4n) is 1.12. The van der Waals surface area contributed by atoms with Gasteiger partial charge in [0.15, 0.2) is 5.78 Å². The molecule has 0 saturated heterocycles. The number of nitrogens with two attached hydrogens (primary N) is 1. The summed E-state index contributed by atoms with van der Waals surface area (Å²) in [6.45, 7) is 1.39. The average Bonchev–Trinajstić information content (AvgIpc) is 2.17. The van der Waals surface area contributed by atoms with E-state index in [0.717, 1.165) is 0 Å². The molecule has 1 aromatic carbocycles. The second-order valence-electron chi connectivity index (χ2n) is 2.89. The first-order chi connectivity index (χ1) is 6.57. The van der Waals surface area contributed by atoms with Crippen molar-refractivity contribution in [3.8, 4) is 6.07 Å². The lowest BCUT2D eigenvalue weighted by Gasteiger charge is -2.09. The van der Waals surface area contributed by atoms with Gasteiger partial charge in [-0.05, 0) is 13.0 Å². The smallest absolute Gasteiger partial charge is 0.152 e. The average molecular weight is 209 g/mol. The van der Waals surface area contributed by atoms with Gasteiger partial charge in [-0.3, -0.25) is 4.79 Å². The third-order valence-corrected chi connectivity index (χ3v) is 2.43. The summed E-state index contributed by atoms with van der Waals surface area (Å²) in [4.78, 5) is 11.0. The number of benzene rings is 1. The zero-order chi connectivity index (χ0) is 10.7. The highest BCUT2D eigenvalue weighted by Crippen LogP contribution is 2.28. The van der Waals surface area contributed by atoms with Crippen molar-refractivity contribution in [1.29, 1.82) is 5.26 Å². The van der Waals surface area contributed by atoms with E-state index < -0.39 is 5.38 Å². The highest BCUT2D eigenvalue weighted by atomic mass is 35.5. The number of hydrogen-bond acceptors (Lipinski definition) is 3. The number of anilines is 1. The zero-order valence-corrected chi connectivity index (χ0v) is 8.38. The summed E-state index contributed by atoms with van der Waals surface area (Å²) in [5.41, 5.74) is 6.80. The maximum atomic E-state index is 11.0. The molecule has 0 aromatic heterocycles. The van der Waals surface area contributed by atoms with E-state index in [4.69, 9.17) is 22.6 Å². The van der Waals surface area contributed by atoms with E-state index in [-0.39, 0.29) is 11.5 Å². The molecule has 72 valence electrons.